The highest BCUT2D eigenvalue weighted by molar-refractivity contribution is 6.32. The number of halogens is 3. The number of hydrogen-bond acceptors (Lipinski definition) is 2. The molecule has 0 spiro atoms. The van der Waals surface area contributed by atoms with Crippen molar-refractivity contribution in [1.82, 2.24) is 0 Å². The van der Waals surface area contributed by atoms with Crippen LogP contribution in [-0.4, -0.2) is 12.9 Å². The summed E-state index contributed by atoms with van der Waals surface area (Å²) in [6.45, 7) is 0. The molecule has 0 bridgehead atoms. The Morgan fingerprint density at radius 1 is 1.05 bits per heavy atom. The second-order valence-corrected chi connectivity index (χ2v) is 4.24. The summed E-state index contributed by atoms with van der Waals surface area (Å²) in [5.41, 5.74) is 0.174. The van der Waals surface area contributed by atoms with E-state index in [1.807, 2.05) is 0 Å². The van der Waals surface area contributed by atoms with Crippen molar-refractivity contribution in [1.29, 1.82) is 0 Å². The van der Waals surface area contributed by atoms with Gasteiger partial charge in [0.2, 0.25) is 0 Å². The summed E-state index contributed by atoms with van der Waals surface area (Å²) in [7, 11) is 1.41. The van der Waals surface area contributed by atoms with Crippen LogP contribution in [0.25, 0.3) is 0 Å². The minimum atomic E-state index is -0.802. The first kappa shape index (κ1) is 13.5. The van der Waals surface area contributed by atoms with Gasteiger partial charge in [-0.05, 0) is 30.3 Å². The SMILES string of the molecule is COc1cc(C(=O)c2cc(F)cc(F)c2)ccc1Cl. The number of hydrogen-bond donors (Lipinski definition) is 0. The van der Waals surface area contributed by atoms with Gasteiger partial charge in [-0.15, -0.1) is 0 Å². The van der Waals surface area contributed by atoms with E-state index in [1.165, 1.54) is 25.3 Å². The number of rotatable bonds is 3. The van der Waals surface area contributed by atoms with Crippen LogP contribution in [0, 0.1) is 11.6 Å². The number of ether oxygens (including phenoxy) is 1. The molecule has 0 N–H and O–H groups in total. The standard InChI is InChI=1S/C14H9ClF2O2/c1-19-13-6-8(2-3-12(13)15)14(18)9-4-10(16)7-11(17)5-9/h2-7H,1H3. The molecule has 0 saturated carbocycles. The van der Waals surface area contributed by atoms with E-state index >= 15 is 0 Å². The Labute approximate surface area is 113 Å². The fraction of sp³-hybridized carbons (Fsp3) is 0.0714. The quantitative estimate of drug-likeness (QED) is 0.799. The van der Waals surface area contributed by atoms with Crippen molar-refractivity contribution >= 4 is 17.4 Å². The molecule has 0 aliphatic carbocycles. The molecule has 0 saturated heterocycles. The number of benzene rings is 2. The zero-order chi connectivity index (χ0) is 14.0. The summed E-state index contributed by atoms with van der Waals surface area (Å²) < 4.78 is 31.1. The average Bonchev–Trinajstić information content (AvgIpc) is 2.37. The maximum absolute atomic E-state index is 13.1. The van der Waals surface area contributed by atoms with Gasteiger partial charge in [0.1, 0.15) is 17.4 Å². The third kappa shape index (κ3) is 2.90. The van der Waals surface area contributed by atoms with E-state index in [0.29, 0.717) is 16.8 Å². The topological polar surface area (TPSA) is 26.3 Å². The molecule has 0 atom stereocenters. The molecular formula is C14H9ClF2O2. The van der Waals surface area contributed by atoms with Gasteiger partial charge in [0.25, 0.3) is 0 Å². The van der Waals surface area contributed by atoms with Crippen molar-refractivity contribution in [2.45, 2.75) is 0 Å². The van der Waals surface area contributed by atoms with Gasteiger partial charge in [-0.25, -0.2) is 8.78 Å². The van der Waals surface area contributed by atoms with E-state index < -0.39 is 17.4 Å². The molecule has 0 amide bonds. The average molecular weight is 283 g/mol. The first-order valence-electron chi connectivity index (χ1n) is 5.35. The zero-order valence-electron chi connectivity index (χ0n) is 9.91. The molecule has 0 aromatic heterocycles. The molecule has 2 aromatic rings. The largest absolute Gasteiger partial charge is 0.495 e. The van der Waals surface area contributed by atoms with Crippen LogP contribution in [0.2, 0.25) is 5.02 Å². The van der Waals surface area contributed by atoms with Crippen LogP contribution in [-0.2, 0) is 0 Å². The maximum Gasteiger partial charge on any atom is 0.193 e. The fourth-order valence-electron chi connectivity index (χ4n) is 1.65. The lowest BCUT2D eigenvalue weighted by atomic mass is 10.0. The molecule has 0 fully saturated rings. The Kier molecular flexibility index (Phi) is 3.81. The molecule has 98 valence electrons. The van der Waals surface area contributed by atoms with Crippen molar-refractivity contribution < 1.29 is 18.3 Å². The third-order valence-electron chi connectivity index (χ3n) is 2.54. The molecule has 2 nitrogen and oxygen atoms in total. The number of carbonyl (C=O) groups is 1. The first-order valence-corrected chi connectivity index (χ1v) is 5.73. The number of methoxy groups -OCH3 is 1. The van der Waals surface area contributed by atoms with Crippen molar-refractivity contribution in [3.05, 3.63) is 64.2 Å². The van der Waals surface area contributed by atoms with Crippen LogP contribution in [0.15, 0.2) is 36.4 Å². The van der Waals surface area contributed by atoms with Gasteiger partial charge >= 0.3 is 0 Å². The number of carbonyl (C=O) groups excluding carboxylic acids is 1. The highest BCUT2D eigenvalue weighted by Crippen LogP contribution is 2.26. The number of ketones is 1. The first-order chi connectivity index (χ1) is 9.01. The smallest absolute Gasteiger partial charge is 0.193 e. The van der Waals surface area contributed by atoms with Crippen LogP contribution in [0.3, 0.4) is 0 Å². The van der Waals surface area contributed by atoms with Gasteiger partial charge in [-0.3, -0.25) is 4.79 Å². The zero-order valence-corrected chi connectivity index (χ0v) is 10.7. The molecule has 2 aromatic carbocycles. The van der Waals surface area contributed by atoms with Gasteiger partial charge < -0.3 is 4.74 Å². The van der Waals surface area contributed by atoms with E-state index in [9.17, 15) is 13.6 Å². The summed E-state index contributed by atoms with van der Waals surface area (Å²) in [6.07, 6.45) is 0. The minimum Gasteiger partial charge on any atom is -0.495 e. The molecule has 0 radical (unpaired) electrons. The van der Waals surface area contributed by atoms with Crippen LogP contribution in [0.5, 0.6) is 5.75 Å². The van der Waals surface area contributed by atoms with Crippen LogP contribution in [0.4, 0.5) is 8.78 Å². The Hall–Kier alpha value is -1.94. The molecule has 5 heteroatoms. The fourth-order valence-corrected chi connectivity index (χ4v) is 1.85. The molecular weight excluding hydrogens is 274 g/mol. The van der Waals surface area contributed by atoms with Gasteiger partial charge in [0, 0.05) is 17.2 Å². The Bertz CT molecular complexity index is 621. The minimum absolute atomic E-state index is 0.0677. The van der Waals surface area contributed by atoms with E-state index in [2.05, 4.69) is 0 Å². The monoisotopic (exact) mass is 282 g/mol. The van der Waals surface area contributed by atoms with E-state index in [1.54, 1.807) is 0 Å². The molecule has 19 heavy (non-hydrogen) atoms. The third-order valence-corrected chi connectivity index (χ3v) is 2.85. The Balaban J connectivity index is 2.43. The van der Waals surface area contributed by atoms with E-state index in [4.69, 9.17) is 16.3 Å². The summed E-state index contributed by atoms with van der Waals surface area (Å²) >= 11 is 5.84. The molecule has 0 aliphatic rings. The van der Waals surface area contributed by atoms with Gasteiger partial charge in [0.05, 0.1) is 12.1 Å². The molecule has 0 heterocycles. The lowest BCUT2D eigenvalue weighted by Crippen LogP contribution is -2.03. The summed E-state index contributed by atoms with van der Waals surface area (Å²) in [5.74, 6) is -1.79. The lowest BCUT2D eigenvalue weighted by molar-refractivity contribution is 0.103. The summed E-state index contributed by atoms with van der Waals surface area (Å²) in [5, 5.41) is 0.351. The van der Waals surface area contributed by atoms with Crippen molar-refractivity contribution in [2.75, 3.05) is 7.11 Å². The summed E-state index contributed by atoms with van der Waals surface area (Å²) in [4.78, 5) is 12.1. The van der Waals surface area contributed by atoms with E-state index in [-0.39, 0.29) is 11.1 Å². The lowest BCUT2D eigenvalue weighted by Gasteiger charge is -2.06. The van der Waals surface area contributed by atoms with Gasteiger partial charge in [-0.1, -0.05) is 11.6 Å². The Morgan fingerprint density at radius 2 is 1.68 bits per heavy atom. The van der Waals surface area contributed by atoms with Crippen LogP contribution < -0.4 is 4.74 Å². The van der Waals surface area contributed by atoms with Gasteiger partial charge in [-0.2, -0.15) is 0 Å². The molecule has 2 rings (SSSR count). The van der Waals surface area contributed by atoms with Crippen molar-refractivity contribution in [3.8, 4) is 5.75 Å². The molecule has 0 unspecified atom stereocenters. The Morgan fingerprint density at radius 3 is 2.26 bits per heavy atom. The maximum atomic E-state index is 13.1. The van der Waals surface area contributed by atoms with Crippen molar-refractivity contribution in [2.24, 2.45) is 0 Å². The van der Waals surface area contributed by atoms with Gasteiger partial charge in [0.15, 0.2) is 5.78 Å². The normalized spacial score (nSPS) is 10.3. The predicted octanol–water partition coefficient (Wildman–Crippen LogP) is 3.86. The second kappa shape index (κ2) is 5.36. The van der Waals surface area contributed by atoms with Crippen LogP contribution >= 0.6 is 11.6 Å². The highest BCUT2D eigenvalue weighted by Gasteiger charge is 2.13. The van der Waals surface area contributed by atoms with E-state index in [0.717, 1.165) is 12.1 Å². The summed E-state index contributed by atoms with van der Waals surface area (Å²) in [6, 6.07) is 7.05. The van der Waals surface area contributed by atoms with Crippen molar-refractivity contribution in [3.63, 3.8) is 0 Å². The predicted molar refractivity (Wildman–Crippen MR) is 67.8 cm³/mol. The second-order valence-electron chi connectivity index (χ2n) is 3.84. The van der Waals surface area contributed by atoms with Crippen LogP contribution in [0.1, 0.15) is 15.9 Å². The molecule has 0 aliphatic heterocycles. The highest BCUT2D eigenvalue weighted by atomic mass is 35.5.